The summed E-state index contributed by atoms with van der Waals surface area (Å²) in [4.78, 5) is 16.4. The molecule has 8 heteroatoms. The first kappa shape index (κ1) is 15.7. The summed E-state index contributed by atoms with van der Waals surface area (Å²) in [6.45, 7) is 3.03. The average molecular weight is 340 g/mol. The number of carbonyl (C=O) groups excluding carboxylic acids is 1. The average Bonchev–Trinajstić information content (AvgIpc) is 2.86. The first-order valence-corrected chi connectivity index (χ1v) is 7.94. The van der Waals surface area contributed by atoms with Crippen LogP contribution in [0.4, 0.5) is 8.78 Å². The predicted molar refractivity (Wildman–Crippen MR) is 80.6 cm³/mol. The number of carbonyl (C=O) groups is 1. The third kappa shape index (κ3) is 3.12. The maximum absolute atomic E-state index is 14.1. The summed E-state index contributed by atoms with van der Waals surface area (Å²) in [5, 5.41) is 0. The van der Waals surface area contributed by atoms with E-state index < -0.39 is 17.5 Å². The van der Waals surface area contributed by atoms with E-state index in [0.29, 0.717) is 29.1 Å². The predicted octanol–water partition coefficient (Wildman–Crippen LogP) is 2.71. The van der Waals surface area contributed by atoms with E-state index in [0.717, 1.165) is 17.4 Å². The van der Waals surface area contributed by atoms with Gasteiger partial charge >= 0.3 is 5.91 Å². The number of ether oxygens (including phenoxy) is 2. The largest absolute Gasteiger partial charge is 0.494 e. The molecule has 3 rings (SSSR count). The van der Waals surface area contributed by atoms with Gasteiger partial charge in [0.15, 0.2) is 10.6 Å². The van der Waals surface area contributed by atoms with Gasteiger partial charge in [0, 0.05) is 12.6 Å². The fourth-order valence-corrected chi connectivity index (χ4v) is 3.36. The number of hydrogen-bond donors (Lipinski definition) is 0. The number of hydrogen-bond acceptors (Lipinski definition) is 4. The lowest BCUT2D eigenvalue weighted by atomic mass is 10.3. The highest BCUT2D eigenvalue weighted by atomic mass is 32.1. The lowest BCUT2D eigenvalue weighted by Crippen LogP contribution is -2.20. The minimum absolute atomic E-state index is 0.00315. The van der Waals surface area contributed by atoms with Crippen LogP contribution in [0.1, 0.15) is 13.3 Å². The number of halogens is 2. The van der Waals surface area contributed by atoms with Crippen LogP contribution >= 0.6 is 11.3 Å². The maximum Gasteiger partial charge on any atom is 0.317 e. The second-order valence-corrected chi connectivity index (χ2v) is 5.90. The van der Waals surface area contributed by atoms with E-state index in [1.54, 1.807) is 4.57 Å². The highest BCUT2D eigenvalue weighted by Gasteiger charge is 2.17. The Hall–Kier alpha value is -2.22. The van der Waals surface area contributed by atoms with Gasteiger partial charge in [-0.05, 0) is 12.5 Å². The van der Waals surface area contributed by atoms with Crippen molar-refractivity contribution in [3.8, 4) is 0 Å². The van der Waals surface area contributed by atoms with Gasteiger partial charge in [-0.2, -0.15) is 4.99 Å². The van der Waals surface area contributed by atoms with Gasteiger partial charge in [-0.25, -0.2) is 8.78 Å². The molecule has 0 spiro atoms. The molecular formula is C15H14F2N2O3S. The van der Waals surface area contributed by atoms with Crippen LogP contribution in [-0.4, -0.2) is 23.7 Å². The summed E-state index contributed by atoms with van der Waals surface area (Å²) in [5.74, 6) is -1.94. The Bertz CT molecular complexity index is 854. The van der Waals surface area contributed by atoms with Crippen molar-refractivity contribution in [3.05, 3.63) is 40.6 Å². The Labute approximate surface area is 134 Å². The molecule has 0 aliphatic carbocycles. The molecule has 2 heterocycles. The zero-order valence-electron chi connectivity index (χ0n) is 12.3. The number of fused-ring (bicyclic) bond motifs is 1. The minimum Gasteiger partial charge on any atom is -0.494 e. The van der Waals surface area contributed by atoms with Crippen molar-refractivity contribution in [3.63, 3.8) is 0 Å². The van der Waals surface area contributed by atoms with E-state index in [-0.39, 0.29) is 17.9 Å². The number of aromatic nitrogens is 1. The monoisotopic (exact) mass is 340 g/mol. The van der Waals surface area contributed by atoms with Crippen molar-refractivity contribution in [2.45, 2.75) is 19.9 Å². The highest BCUT2D eigenvalue weighted by Crippen LogP contribution is 2.22. The Morgan fingerprint density at radius 1 is 1.39 bits per heavy atom. The summed E-state index contributed by atoms with van der Waals surface area (Å²) in [6.07, 6.45) is 1.93. The molecule has 0 radical (unpaired) electrons. The smallest absolute Gasteiger partial charge is 0.317 e. The maximum atomic E-state index is 14.1. The molecule has 1 amide bonds. The number of nitrogens with zero attached hydrogens (tertiary/aromatic N) is 2. The van der Waals surface area contributed by atoms with Crippen molar-refractivity contribution in [2.24, 2.45) is 4.99 Å². The Kier molecular flexibility index (Phi) is 4.42. The van der Waals surface area contributed by atoms with Gasteiger partial charge in [0.05, 0.1) is 10.2 Å². The van der Waals surface area contributed by atoms with E-state index in [2.05, 4.69) is 4.99 Å². The zero-order valence-corrected chi connectivity index (χ0v) is 13.2. The molecule has 1 aliphatic rings. The van der Waals surface area contributed by atoms with Gasteiger partial charge in [-0.15, -0.1) is 0 Å². The first-order chi connectivity index (χ1) is 11.1. The number of amides is 1. The highest BCUT2D eigenvalue weighted by molar-refractivity contribution is 7.16. The molecule has 0 fully saturated rings. The molecular weight excluding hydrogens is 326 g/mol. The normalized spacial score (nSPS) is 15.3. The fourth-order valence-electron chi connectivity index (χ4n) is 2.27. The van der Waals surface area contributed by atoms with Crippen LogP contribution in [0.15, 0.2) is 29.1 Å². The Morgan fingerprint density at radius 3 is 2.91 bits per heavy atom. The number of rotatable bonds is 3. The summed E-state index contributed by atoms with van der Waals surface area (Å²) in [7, 11) is 0. The van der Waals surface area contributed by atoms with Crippen LogP contribution in [0.2, 0.25) is 0 Å². The fraction of sp³-hybridized carbons (Fsp3) is 0.333. The second-order valence-electron chi connectivity index (χ2n) is 4.89. The second kappa shape index (κ2) is 6.49. The Balaban J connectivity index is 2.14. The van der Waals surface area contributed by atoms with Gasteiger partial charge in [0.25, 0.3) is 0 Å². The summed E-state index contributed by atoms with van der Waals surface area (Å²) in [6, 6.07) is 2.06. The van der Waals surface area contributed by atoms with Gasteiger partial charge in [0.2, 0.25) is 5.76 Å². The SMILES string of the molecule is CCCn1c(=NC(=O)C2=COCCO2)sc2cc(F)cc(F)c21. The molecule has 1 aromatic carbocycles. The van der Waals surface area contributed by atoms with Crippen LogP contribution in [0, 0.1) is 11.6 Å². The van der Waals surface area contributed by atoms with Gasteiger partial charge < -0.3 is 14.0 Å². The molecule has 0 saturated heterocycles. The van der Waals surface area contributed by atoms with Crippen LogP contribution < -0.4 is 4.80 Å². The van der Waals surface area contributed by atoms with E-state index >= 15 is 0 Å². The molecule has 0 saturated carbocycles. The summed E-state index contributed by atoms with van der Waals surface area (Å²) < 4.78 is 39.7. The standard InChI is InChI=1S/C15H14F2N2O3S/c1-2-3-19-13-10(17)6-9(16)7-12(13)23-15(19)18-14(20)11-8-21-4-5-22-11/h6-8H,2-5H2,1H3. The number of thiazole rings is 1. The summed E-state index contributed by atoms with van der Waals surface area (Å²) in [5.41, 5.74) is 0.250. The van der Waals surface area contributed by atoms with Crippen molar-refractivity contribution >= 4 is 27.5 Å². The topological polar surface area (TPSA) is 52.8 Å². The molecule has 1 aliphatic heterocycles. The van der Waals surface area contributed by atoms with Crippen LogP contribution in [-0.2, 0) is 20.8 Å². The van der Waals surface area contributed by atoms with Gasteiger partial charge in [0.1, 0.15) is 25.3 Å². The molecule has 0 bridgehead atoms. The van der Waals surface area contributed by atoms with Gasteiger partial charge in [-0.1, -0.05) is 18.3 Å². The van der Waals surface area contributed by atoms with E-state index in [1.807, 2.05) is 6.92 Å². The van der Waals surface area contributed by atoms with Crippen molar-refractivity contribution in [2.75, 3.05) is 13.2 Å². The molecule has 1 aromatic heterocycles. The Morgan fingerprint density at radius 2 is 2.22 bits per heavy atom. The lowest BCUT2D eigenvalue weighted by Gasteiger charge is -2.12. The number of benzene rings is 1. The minimum atomic E-state index is -0.671. The van der Waals surface area contributed by atoms with Crippen LogP contribution in [0.5, 0.6) is 0 Å². The number of aryl methyl sites for hydroxylation is 1. The molecule has 122 valence electrons. The molecule has 0 N–H and O–H groups in total. The first-order valence-electron chi connectivity index (χ1n) is 7.12. The van der Waals surface area contributed by atoms with Crippen molar-refractivity contribution in [1.82, 2.24) is 4.57 Å². The molecule has 23 heavy (non-hydrogen) atoms. The van der Waals surface area contributed by atoms with E-state index in [1.165, 1.54) is 12.3 Å². The molecule has 0 unspecified atom stereocenters. The zero-order chi connectivity index (χ0) is 16.4. The van der Waals surface area contributed by atoms with E-state index in [4.69, 9.17) is 9.47 Å². The molecule has 5 nitrogen and oxygen atoms in total. The van der Waals surface area contributed by atoms with Crippen molar-refractivity contribution in [1.29, 1.82) is 0 Å². The van der Waals surface area contributed by atoms with Crippen molar-refractivity contribution < 1.29 is 23.0 Å². The molecule has 2 aromatic rings. The summed E-state index contributed by atoms with van der Waals surface area (Å²) >= 11 is 1.06. The third-order valence-electron chi connectivity index (χ3n) is 3.20. The lowest BCUT2D eigenvalue weighted by molar-refractivity contribution is -0.119. The van der Waals surface area contributed by atoms with E-state index in [9.17, 15) is 13.6 Å². The van der Waals surface area contributed by atoms with Crippen LogP contribution in [0.3, 0.4) is 0 Å². The quantitative estimate of drug-likeness (QED) is 0.863. The van der Waals surface area contributed by atoms with Crippen LogP contribution in [0.25, 0.3) is 10.2 Å². The third-order valence-corrected chi connectivity index (χ3v) is 4.22. The van der Waals surface area contributed by atoms with Gasteiger partial charge in [-0.3, -0.25) is 4.79 Å². The molecule has 0 atom stereocenters.